The molecule has 1 saturated heterocycles. The zero-order chi connectivity index (χ0) is 26.5. The number of nitrogens with zero attached hydrogens (tertiary/aromatic N) is 1. The molecule has 37 heavy (non-hydrogen) atoms. The standard InChI is InChI=1S/C28H28N2O7/c1-17-4-8-20(9-5-17)27(33)35-16-24-23(37-28(34)21-10-6-18(2)7-11-21)15-26(36-24)30-13-12-22(14-25(30)32)29-19(3)31/h4-14,23-24,26H,15-16H2,1-3H3,(H,29,31)/t23-,24+,26+/m0/s1. The number of carbonyl (C=O) groups is 3. The lowest BCUT2D eigenvalue weighted by atomic mass is 10.1. The Morgan fingerprint density at radius 1 is 0.946 bits per heavy atom. The first-order valence-electron chi connectivity index (χ1n) is 11.9. The number of rotatable bonds is 7. The Bertz CT molecular complexity index is 1350. The molecule has 3 aromatic rings. The van der Waals surface area contributed by atoms with Crippen molar-refractivity contribution in [3.63, 3.8) is 0 Å². The lowest BCUT2D eigenvalue weighted by Crippen LogP contribution is -2.32. The third-order valence-corrected chi connectivity index (χ3v) is 5.97. The Morgan fingerprint density at radius 2 is 1.54 bits per heavy atom. The quantitative estimate of drug-likeness (QED) is 0.487. The average molecular weight is 505 g/mol. The molecule has 0 saturated carbocycles. The molecule has 9 heteroatoms. The predicted molar refractivity (Wildman–Crippen MR) is 135 cm³/mol. The van der Waals surface area contributed by atoms with Crippen LogP contribution in [-0.2, 0) is 19.0 Å². The number of anilines is 1. The largest absolute Gasteiger partial charge is 0.459 e. The van der Waals surface area contributed by atoms with Crippen molar-refractivity contribution in [3.8, 4) is 0 Å². The fraction of sp³-hybridized carbons (Fsp3) is 0.286. The first-order valence-corrected chi connectivity index (χ1v) is 11.9. The van der Waals surface area contributed by atoms with Gasteiger partial charge in [-0.1, -0.05) is 35.4 Å². The summed E-state index contributed by atoms with van der Waals surface area (Å²) in [5, 5.41) is 2.56. The highest BCUT2D eigenvalue weighted by atomic mass is 16.6. The Hall–Kier alpha value is -4.24. The highest BCUT2D eigenvalue weighted by molar-refractivity contribution is 5.90. The van der Waals surface area contributed by atoms with E-state index in [1.54, 1.807) is 30.3 Å². The summed E-state index contributed by atoms with van der Waals surface area (Å²) in [5.74, 6) is -1.38. The minimum Gasteiger partial charge on any atom is -0.459 e. The maximum Gasteiger partial charge on any atom is 0.338 e. The van der Waals surface area contributed by atoms with Crippen LogP contribution in [-0.4, -0.2) is 41.2 Å². The third kappa shape index (κ3) is 6.50. The molecule has 0 bridgehead atoms. The normalized spacial score (nSPS) is 18.7. The van der Waals surface area contributed by atoms with Gasteiger partial charge in [0, 0.05) is 31.3 Å². The summed E-state index contributed by atoms with van der Waals surface area (Å²) in [6.45, 7) is 5.01. The van der Waals surface area contributed by atoms with Crippen molar-refractivity contribution in [2.45, 2.75) is 45.6 Å². The van der Waals surface area contributed by atoms with Crippen molar-refractivity contribution >= 4 is 23.5 Å². The van der Waals surface area contributed by atoms with Gasteiger partial charge < -0.3 is 19.5 Å². The van der Waals surface area contributed by atoms with Gasteiger partial charge >= 0.3 is 11.9 Å². The van der Waals surface area contributed by atoms with Crippen molar-refractivity contribution in [2.75, 3.05) is 11.9 Å². The van der Waals surface area contributed by atoms with Crippen LogP contribution in [0.3, 0.4) is 0 Å². The number of ether oxygens (including phenoxy) is 3. The first kappa shape index (κ1) is 25.8. The molecule has 9 nitrogen and oxygen atoms in total. The van der Waals surface area contributed by atoms with E-state index in [4.69, 9.17) is 14.2 Å². The van der Waals surface area contributed by atoms with Gasteiger partial charge in [-0.25, -0.2) is 9.59 Å². The van der Waals surface area contributed by atoms with Gasteiger partial charge in [0.1, 0.15) is 25.0 Å². The molecule has 1 amide bonds. The fourth-order valence-corrected chi connectivity index (χ4v) is 3.98. The Morgan fingerprint density at radius 3 is 2.11 bits per heavy atom. The van der Waals surface area contributed by atoms with E-state index in [0.29, 0.717) is 16.8 Å². The van der Waals surface area contributed by atoms with E-state index < -0.39 is 35.9 Å². The maximum absolute atomic E-state index is 12.8. The van der Waals surface area contributed by atoms with Gasteiger partial charge in [0.2, 0.25) is 5.91 Å². The Kier molecular flexibility index (Phi) is 7.83. The number of carbonyl (C=O) groups excluding carboxylic acids is 3. The Balaban J connectivity index is 1.51. The smallest absolute Gasteiger partial charge is 0.338 e. The number of hydrogen-bond acceptors (Lipinski definition) is 7. The van der Waals surface area contributed by atoms with E-state index in [-0.39, 0.29) is 18.9 Å². The monoisotopic (exact) mass is 504 g/mol. The number of amides is 1. The SMILES string of the molecule is CC(=O)Nc1ccn([C@H]2C[C@H](OC(=O)c3ccc(C)cc3)[C@@H](COC(=O)c3ccc(C)cc3)O2)c(=O)c1. The minimum absolute atomic E-state index is 0.170. The highest BCUT2D eigenvalue weighted by Gasteiger charge is 2.40. The van der Waals surface area contributed by atoms with Crippen molar-refractivity contribution < 1.29 is 28.6 Å². The third-order valence-electron chi connectivity index (χ3n) is 5.97. The molecule has 1 N–H and O–H groups in total. The summed E-state index contributed by atoms with van der Waals surface area (Å²) in [7, 11) is 0. The van der Waals surface area contributed by atoms with Crippen LogP contribution < -0.4 is 10.9 Å². The van der Waals surface area contributed by atoms with Crippen molar-refractivity contribution in [1.29, 1.82) is 0 Å². The second kappa shape index (κ2) is 11.2. The second-order valence-corrected chi connectivity index (χ2v) is 8.98. The molecule has 1 fully saturated rings. The number of aryl methyl sites for hydroxylation is 2. The Labute approximate surface area is 214 Å². The van der Waals surface area contributed by atoms with Crippen LogP contribution >= 0.6 is 0 Å². The van der Waals surface area contributed by atoms with Crippen LogP contribution in [0, 0.1) is 13.8 Å². The maximum atomic E-state index is 12.8. The molecule has 3 atom stereocenters. The second-order valence-electron chi connectivity index (χ2n) is 8.98. The van der Waals surface area contributed by atoms with E-state index >= 15 is 0 Å². The average Bonchev–Trinajstić information content (AvgIpc) is 3.25. The van der Waals surface area contributed by atoms with Crippen LogP contribution in [0.15, 0.2) is 71.7 Å². The molecule has 0 spiro atoms. The number of pyridine rings is 1. The molecular weight excluding hydrogens is 476 g/mol. The number of benzene rings is 2. The zero-order valence-electron chi connectivity index (χ0n) is 20.8. The zero-order valence-corrected chi connectivity index (χ0v) is 20.8. The van der Waals surface area contributed by atoms with Gasteiger partial charge in [-0.05, 0) is 44.2 Å². The van der Waals surface area contributed by atoms with E-state index in [9.17, 15) is 19.2 Å². The van der Waals surface area contributed by atoms with E-state index in [1.165, 1.54) is 23.8 Å². The summed E-state index contributed by atoms with van der Waals surface area (Å²) in [5.41, 5.74) is 2.73. The summed E-state index contributed by atoms with van der Waals surface area (Å²) in [4.78, 5) is 49.4. The molecule has 4 rings (SSSR count). The van der Waals surface area contributed by atoms with Gasteiger partial charge in [-0.3, -0.25) is 14.2 Å². The van der Waals surface area contributed by atoms with E-state index in [2.05, 4.69) is 5.32 Å². The van der Waals surface area contributed by atoms with Crippen LogP contribution in [0.25, 0.3) is 0 Å². The van der Waals surface area contributed by atoms with E-state index in [0.717, 1.165) is 11.1 Å². The van der Waals surface area contributed by atoms with Crippen LogP contribution in [0.5, 0.6) is 0 Å². The molecular formula is C28H28N2O7. The molecule has 1 aromatic heterocycles. The predicted octanol–water partition coefficient (Wildman–Crippen LogP) is 3.79. The molecule has 0 aliphatic carbocycles. The lowest BCUT2D eigenvalue weighted by molar-refractivity contribution is -0.114. The van der Waals surface area contributed by atoms with Gasteiger partial charge in [-0.15, -0.1) is 0 Å². The fourth-order valence-electron chi connectivity index (χ4n) is 3.98. The summed E-state index contributed by atoms with van der Waals surface area (Å²) >= 11 is 0. The summed E-state index contributed by atoms with van der Waals surface area (Å²) in [6, 6.07) is 16.8. The minimum atomic E-state index is -0.796. The van der Waals surface area contributed by atoms with Crippen LogP contribution in [0.1, 0.15) is 51.4 Å². The van der Waals surface area contributed by atoms with Gasteiger partial charge in [0.05, 0.1) is 11.1 Å². The molecule has 0 unspecified atom stereocenters. The molecule has 1 aliphatic rings. The summed E-state index contributed by atoms with van der Waals surface area (Å²) in [6.07, 6.45) is -0.665. The van der Waals surface area contributed by atoms with Crippen molar-refractivity contribution in [3.05, 3.63) is 99.5 Å². The summed E-state index contributed by atoms with van der Waals surface area (Å²) < 4.78 is 18.6. The molecule has 2 aromatic carbocycles. The molecule has 192 valence electrons. The van der Waals surface area contributed by atoms with Crippen molar-refractivity contribution in [2.24, 2.45) is 0 Å². The van der Waals surface area contributed by atoms with Crippen LogP contribution in [0.4, 0.5) is 5.69 Å². The van der Waals surface area contributed by atoms with Crippen LogP contribution in [0.2, 0.25) is 0 Å². The number of hydrogen-bond donors (Lipinski definition) is 1. The van der Waals surface area contributed by atoms with Gasteiger partial charge in [-0.2, -0.15) is 0 Å². The van der Waals surface area contributed by atoms with Gasteiger partial charge in [0.25, 0.3) is 5.56 Å². The number of aromatic nitrogens is 1. The topological polar surface area (TPSA) is 113 Å². The lowest BCUT2D eigenvalue weighted by Gasteiger charge is -2.19. The van der Waals surface area contributed by atoms with Crippen molar-refractivity contribution in [1.82, 2.24) is 4.57 Å². The molecule has 2 heterocycles. The highest BCUT2D eigenvalue weighted by Crippen LogP contribution is 2.31. The van der Waals surface area contributed by atoms with E-state index in [1.807, 2.05) is 38.1 Å². The van der Waals surface area contributed by atoms with Gasteiger partial charge in [0.15, 0.2) is 0 Å². The number of esters is 2. The molecule has 1 aliphatic heterocycles. The first-order chi connectivity index (χ1) is 17.7. The molecule has 0 radical (unpaired) electrons. The number of nitrogens with one attached hydrogen (secondary N) is 1.